The van der Waals surface area contributed by atoms with Crippen LogP contribution in [0.2, 0.25) is 5.02 Å². The quantitative estimate of drug-likeness (QED) is 0.744. The number of anilines is 2. The Hall–Kier alpha value is -2.93. The van der Waals surface area contributed by atoms with Crippen LogP contribution in [0.1, 0.15) is 0 Å². The molecule has 3 aromatic rings. The molecule has 0 bridgehead atoms. The number of amides is 1. The first-order chi connectivity index (χ1) is 11.6. The zero-order chi connectivity index (χ0) is 16.9. The Morgan fingerprint density at radius 3 is 2.67 bits per heavy atom. The first-order valence-corrected chi connectivity index (χ1v) is 7.62. The number of hydrogen-bond acceptors (Lipinski definition) is 5. The van der Waals surface area contributed by atoms with Gasteiger partial charge in [-0.3, -0.25) is 4.79 Å². The maximum Gasteiger partial charge on any atom is 0.243 e. The van der Waals surface area contributed by atoms with Gasteiger partial charge in [0.2, 0.25) is 5.91 Å². The van der Waals surface area contributed by atoms with Crippen molar-refractivity contribution in [3.05, 3.63) is 53.6 Å². The zero-order valence-electron chi connectivity index (χ0n) is 12.9. The lowest BCUT2D eigenvalue weighted by Crippen LogP contribution is -2.21. The van der Waals surface area contributed by atoms with Gasteiger partial charge in [0.15, 0.2) is 5.82 Å². The highest BCUT2D eigenvalue weighted by atomic mass is 35.5. The van der Waals surface area contributed by atoms with E-state index in [9.17, 15) is 4.79 Å². The third-order valence-electron chi connectivity index (χ3n) is 3.32. The van der Waals surface area contributed by atoms with Crippen LogP contribution in [0.15, 0.2) is 48.5 Å². The number of hydrogen-bond donors (Lipinski definition) is 2. The maximum absolute atomic E-state index is 12.0. The number of nitrogens with zero attached hydrogens (tertiary/aromatic N) is 4. The Morgan fingerprint density at radius 1 is 1.17 bits per heavy atom. The van der Waals surface area contributed by atoms with Crippen molar-refractivity contribution in [2.75, 3.05) is 17.2 Å². The predicted molar refractivity (Wildman–Crippen MR) is 92.8 cm³/mol. The molecule has 7 nitrogen and oxygen atoms in total. The van der Waals surface area contributed by atoms with E-state index in [4.69, 9.17) is 11.6 Å². The Kier molecular flexibility index (Phi) is 4.72. The van der Waals surface area contributed by atoms with E-state index >= 15 is 0 Å². The number of carbonyl (C=O) groups excluding carboxylic acids is 1. The van der Waals surface area contributed by atoms with Crippen molar-refractivity contribution in [3.8, 4) is 11.4 Å². The van der Waals surface area contributed by atoms with Crippen molar-refractivity contribution >= 4 is 28.9 Å². The van der Waals surface area contributed by atoms with Crippen molar-refractivity contribution in [1.82, 2.24) is 20.2 Å². The molecule has 2 aromatic carbocycles. The topological polar surface area (TPSA) is 84.7 Å². The number of benzene rings is 2. The molecule has 24 heavy (non-hydrogen) atoms. The van der Waals surface area contributed by atoms with E-state index in [2.05, 4.69) is 26.2 Å². The van der Waals surface area contributed by atoms with Crippen LogP contribution < -0.4 is 10.6 Å². The minimum Gasteiger partial charge on any atom is -0.376 e. The van der Waals surface area contributed by atoms with Gasteiger partial charge in [-0.1, -0.05) is 23.7 Å². The highest BCUT2D eigenvalue weighted by molar-refractivity contribution is 6.30. The fourth-order valence-corrected chi connectivity index (χ4v) is 2.29. The highest BCUT2D eigenvalue weighted by Crippen LogP contribution is 2.19. The lowest BCUT2D eigenvalue weighted by Gasteiger charge is -2.09. The van der Waals surface area contributed by atoms with Gasteiger partial charge in [-0.2, -0.15) is 0 Å². The Morgan fingerprint density at radius 2 is 1.96 bits per heavy atom. The minimum atomic E-state index is -0.150. The summed E-state index contributed by atoms with van der Waals surface area (Å²) < 4.78 is 1.59. The number of halogens is 1. The molecule has 0 radical (unpaired) electrons. The van der Waals surface area contributed by atoms with Gasteiger partial charge in [0.25, 0.3) is 0 Å². The second-order valence-electron chi connectivity index (χ2n) is 5.12. The Bertz CT molecular complexity index is 846. The summed E-state index contributed by atoms with van der Waals surface area (Å²) in [5.41, 5.74) is 2.37. The number of tetrazole rings is 1. The van der Waals surface area contributed by atoms with Crippen molar-refractivity contribution in [2.45, 2.75) is 0 Å². The molecule has 0 spiro atoms. The van der Waals surface area contributed by atoms with E-state index in [0.29, 0.717) is 16.5 Å². The predicted octanol–water partition coefficient (Wildman–Crippen LogP) is 2.58. The lowest BCUT2D eigenvalue weighted by atomic mass is 10.2. The highest BCUT2D eigenvalue weighted by Gasteiger charge is 2.07. The molecular formula is C16H15ClN6O. The molecule has 0 saturated carbocycles. The van der Waals surface area contributed by atoms with E-state index in [-0.39, 0.29) is 12.5 Å². The number of aromatic nitrogens is 4. The summed E-state index contributed by atoms with van der Waals surface area (Å²) in [7, 11) is 1.77. The van der Waals surface area contributed by atoms with E-state index in [1.54, 1.807) is 36.0 Å². The SMILES string of the molecule is Cn1nnnc1-c1cccc(NCC(=O)Nc2ccc(Cl)cc2)c1. The van der Waals surface area contributed by atoms with Gasteiger partial charge in [0.1, 0.15) is 0 Å². The maximum atomic E-state index is 12.0. The molecule has 0 aliphatic carbocycles. The standard InChI is InChI=1S/C16H15ClN6O/c1-23-16(20-21-22-23)11-3-2-4-14(9-11)18-10-15(24)19-13-7-5-12(17)6-8-13/h2-9,18H,10H2,1H3,(H,19,24). The van der Waals surface area contributed by atoms with Gasteiger partial charge in [-0.25, -0.2) is 4.68 Å². The molecule has 1 heterocycles. The molecule has 0 fully saturated rings. The summed E-state index contributed by atoms with van der Waals surface area (Å²) in [6.45, 7) is 0.142. The number of rotatable bonds is 5. The van der Waals surface area contributed by atoms with Gasteiger partial charge in [-0.15, -0.1) is 5.10 Å². The Balaban J connectivity index is 1.61. The van der Waals surface area contributed by atoms with Crippen LogP contribution in [0.25, 0.3) is 11.4 Å². The van der Waals surface area contributed by atoms with E-state index in [0.717, 1.165) is 11.3 Å². The summed E-state index contributed by atoms with van der Waals surface area (Å²) in [5, 5.41) is 17.9. The van der Waals surface area contributed by atoms with E-state index in [1.165, 1.54) is 0 Å². The monoisotopic (exact) mass is 342 g/mol. The van der Waals surface area contributed by atoms with Crippen LogP contribution >= 0.6 is 11.6 Å². The molecule has 1 amide bonds. The second-order valence-corrected chi connectivity index (χ2v) is 5.55. The van der Waals surface area contributed by atoms with Gasteiger partial charge in [0, 0.05) is 29.0 Å². The summed E-state index contributed by atoms with van der Waals surface area (Å²) in [6.07, 6.45) is 0. The summed E-state index contributed by atoms with van der Waals surface area (Å²) in [4.78, 5) is 12.0. The molecule has 0 aliphatic heterocycles. The number of carbonyl (C=O) groups is 1. The van der Waals surface area contributed by atoms with E-state index in [1.807, 2.05) is 24.3 Å². The molecule has 122 valence electrons. The molecule has 0 atom stereocenters. The fourth-order valence-electron chi connectivity index (χ4n) is 2.16. The zero-order valence-corrected chi connectivity index (χ0v) is 13.7. The molecule has 0 saturated heterocycles. The van der Waals surface area contributed by atoms with Crippen LogP contribution in [-0.4, -0.2) is 32.7 Å². The van der Waals surface area contributed by atoms with Crippen LogP contribution in [0.5, 0.6) is 0 Å². The molecule has 2 N–H and O–H groups in total. The fraction of sp³-hybridized carbons (Fsp3) is 0.125. The molecule has 8 heteroatoms. The van der Waals surface area contributed by atoms with Crippen LogP contribution in [0.3, 0.4) is 0 Å². The Labute approximate surface area is 143 Å². The first kappa shape index (κ1) is 15.9. The van der Waals surface area contributed by atoms with Crippen LogP contribution in [0.4, 0.5) is 11.4 Å². The number of nitrogens with one attached hydrogen (secondary N) is 2. The van der Waals surface area contributed by atoms with Gasteiger partial charge in [-0.05, 0) is 46.8 Å². The second kappa shape index (κ2) is 7.10. The van der Waals surface area contributed by atoms with Crippen molar-refractivity contribution in [2.24, 2.45) is 7.05 Å². The average Bonchev–Trinajstić information content (AvgIpc) is 3.01. The summed E-state index contributed by atoms with van der Waals surface area (Å²) in [5.74, 6) is 0.507. The van der Waals surface area contributed by atoms with Crippen LogP contribution in [-0.2, 0) is 11.8 Å². The molecule has 1 aromatic heterocycles. The lowest BCUT2D eigenvalue weighted by molar-refractivity contribution is -0.114. The van der Waals surface area contributed by atoms with Gasteiger partial charge in [0.05, 0.1) is 6.54 Å². The normalized spacial score (nSPS) is 10.4. The van der Waals surface area contributed by atoms with Crippen molar-refractivity contribution in [3.63, 3.8) is 0 Å². The third-order valence-corrected chi connectivity index (χ3v) is 3.57. The molecule has 3 rings (SSSR count). The van der Waals surface area contributed by atoms with Gasteiger partial charge < -0.3 is 10.6 Å². The third kappa shape index (κ3) is 3.88. The average molecular weight is 343 g/mol. The summed E-state index contributed by atoms with van der Waals surface area (Å²) >= 11 is 5.82. The largest absolute Gasteiger partial charge is 0.376 e. The first-order valence-electron chi connectivity index (χ1n) is 7.24. The van der Waals surface area contributed by atoms with Crippen LogP contribution in [0, 0.1) is 0 Å². The summed E-state index contributed by atoms with van der Waals surface area (Å²) in [6, 6.07) is 14.5. The molecule has 0 unspecified atom stereocenters. The smallest absolute Gasteiger partial charge is 0.243 e. The molecule has 0 aliphatic rings. The molecular weight excluding hydrogens is 328 g/mol. The minimum absolute atomic E-state index is 0.142. The van der Waals surface area contributed by atoms with E-state index < -0.39 is 0 Å². The van der Waals surface area contributed by atoms with Gasteiger partial charge >= 0.3 is 0 Å². The van der Waals surface area contributed by atoms with Crippen molar-refractivity contribution in [1.29, 1.82) is 0 Å². The number of aryl methyl sites for hydroxylation is 1. The van der Waals surface area contributed by atoms with Crippen molar-refractivity contribution < 1.29 is 4.79 Å².